The number of nitrogens with one attached hydrogen (secondary N) is 2. The van der Waals surface area contributed by atoms with Crippen LogP contribution in [0.2, 0.25) is 0 Å². The summed E-state index contributed by atoms with van der Waals surface area (Å²) < 4.78 is 3.45. The van der Waals surface area contributed by atoms with Gasteiger partial charge in [0.2, 0.25) is 6.41 Å². The van der Waals surface area contributed by atoms with E-state index in [-0.39, 0.29) is 0 Å². The lowest BCUT2D eigenvalue weighted by Crippen LogP contribution is -2.08. The van der Waals surface area contributed by atoms with Crippen molar-refractivity contribution in [2.45, 2.75) is 18.7 Å². The lowest BCUT2D eigenvalue weighted by Gasteiger charge is -2.17. The SMILES string of the molecule is CC.CN(C)c1cccc2c(SNc3cccc(-c4csc(NC=O)n4)c3)cccc12. The van der Waals surface area contributed by atoms with Crippen LogP contribution in [0.25, 0.3) is 22.0 Å². The van der Waals surface area contributed by atoms with Crippen molar-refractivity contribution in [1.82, 2.24) is 4.98 Å². The Labute approximate surface area is 191 Å². The molecule has 0 spiro atoms. The van der Waals surface area contributed by atoms with Crippen LogP contribution in [0.1, 0.15) is 13.8 Å². The van der Waals surface area contributed by atoms with Crippen LogP contribution in [0.5, 0.6) is 0 Å². The monoisotopic (exact) mass is 450 g/mol. The Kier molecular flexibility index (Phi) is 7.92. The quantitative estimate of drug-likeness (QED) is 0.241. The summed E-state index contributed by atoms with van der Waals surface area (Å²) in [7, 11) is 4.12. The van der Waals surface area contributed by atoms with Crippen LogP contribution >= 0.6 is 23.3 Å². The van der Waals surface area contributed by atoms with Crippen molar-refractivity contribution in [2.24, 2.45) is 0 Å². The number of anilines is 3. The Hall–Kier alpha value is -3.03. The minimum absolute atomic E-state index is 0.593. The van der Waals surface area contributed by atoms with Crippen molar-refractivity contribution in [3.05, 3.63) is 66.0 Å². The number of carbonyl (C=O) groups is 1. The van der Waals surface area contributed by atoms with E-state index in [0.29, 0.717) is 11.5 Å². The Balaban J connectivity index is 0.00000132. The largest absolute Gasteiger partial charge is 0.377 e. The molecule has 0 atom stereocenters. The molecule has 1 aromatic heterocycles. The summed E-state index contributed by atoms with van der Waals surface area (Å²) in [6.45, 7) is 4.00. The minimum Gasteiger partial charge on any atom is -0.377 e. The van der Waals surface area contributed by atoms with Crippen molar-refractivity contribution in [3.8, 4) is 11.3 Å². The van der Waals surface area contributed by atoms with Gasteiger partial charge in [-0.15, -0.1) is 11.3 Å². The van der Waals surface area contributed by atoms with E-state index in [0.717, 1.165) is 16.9 Å². The average Bonchev–Trinajstić information content (AvgIpc) is 3.28. The molecular weight excluding hydrogens is 424 g/mol. The number of aromatic nitrogens is 1. The van der Waals surface area contributed by atoms with Crippen LogP contribution < -0.4 is 14.9 Å². The maximum Gasteiger partial charge on any atom is 0.213 e. The number of benzene rings is 3. The summed E-state index contributed by atoms with van der Waals surface area (Å²) in [5.41, 5.74) is 4.04. The fourth-order valence-electron chi connectivity index (χ4n) is 3.12. The topological polar surface area (TPSA) is 57.3 Å². The Bertz CT molecular complexity index is 1160. The van der Waals surface area contributed by atoms with Gasteiger partial charge in [-0.1, -0.05) is 50.2 Å². The van der Waals surface area contributed by atoms with Gasteiger partial charge in [0.25, 0.3) is 0 Å². The highest BCUT2D eigenvalue weighted by atomic mass is 32.2. The van der Waals surface area contributed by atoms with E-state index in [1.54, 1.807) is 11.9 Å². The molecule has 2 N–H and O–H groups in total. The number of amides is 1. The molecule has 1 amide bonds. The van der Waals surface area contributed by atoms with Crippen LogP contribution in [0, 0.1) is 0 Å². The highest BCUT2D eigenvalue weighted by Gasteiger charge is 2.08. The summed E-state index contributed by atoms with van der Waals surface area (Å²) in [5.74, 6) is 0. The van der Waals surface area contributed by atoms with Gasteiger partial charge in [0.05, 0.1) is 5.69 Å². The smallest absolute Gasteiger partial charge is 0.213 e. The predicted octanol–water partition coefficient (Wildman–Crippen LogP) is 6.74. The van der Waals surface area contributed by atoms with Gasteiger partial charge in [0, 0.05) is 46.7 Å². The molecule has 0 bridgehead atoms. The van der Waals surface area contributed by atoms with Crippen LogP contribution in [-0.4, -0.2) is 25.5 Å². The van der Waals surface area contributed by atoms with E-state index in [2.05, 4.69) is 76.5 Å². The third-order valence-corrected chi connectivity index (χ3v) is 6.15. The third-order valence-electron chi connectivity index (χ3n) is 4.46. The first-order chi connectivity index (χ1) is 15.2. The molecule has 5 nitrogen and oxygen atoms in total. The molecule has 31 heavy (non-hydrogen) atoms. The van der Waals surface area contributed by atoms with Crippen LogP contribution in [-0.2, 0) is 4.79 Å². The first kappa shape index (κ1) is 22.7. The van der Waals surface area contributed by atoms with Crippen molar-refractivity contribution in [1.29, 1.82) is 0 Å². The predicted molar refractivity (Wildman–Crippen MR) is 136 cm³/mol. The first-order valence-corrected chi connectivity index (χ1v) is 11.7. The molecule has 0 radical (unpaired) electrons. The fourth-order valence-corrected chi connectivity index (χ4v) is 4.59. The Morgan fingerprint density at radius 1 is 1.00 bits per heavy atom. The molecule has 160 valence electrons. The molecule has 0 fully saturated rings. The molecule has 0 aliphatic heterocycles. The maximum atomic E-state index is 10.6. The van der Waals surface area contributed by atoms with E-state index in [1.807, 2.05) is 37.4 Å². The molecule has 1 heterocycles. The summed E-state index contributed by atoms with van der Waals surface area (Å²) in [6, 6.07) is 20.8. The van der Waals surface area contributed by atoms with E-state index in [4.69, 9.17) is 0 Å². The zero-order valence-electron chi connectivity index (χ0n) is 18.0. The number of carbonyl (C=O) groups excluding carboxylic acids is 1. The highest BCUT2D eigenvalue weighted by molar-refractivity contribution is 8.00. The Morgan fingerprint density at radius 3 is 2.52 bits per heavy atom. The third kappa shape index (κ3) is 5.37. The fraction of sp³-hybridized carbons (Fsp3) is 0.167. The van der Waals surface area contributed by atoms with Crippen LogP contribution in [0.15, 0.2) is 70.9 Å². The van der Waals surface area contributed by atoms with E-state index < -0.39 is 0 Å². The van der Waals surface area contributed by atoms with Crippen molar-refractivity contribution >= 4 is 57.0 Å². The zero-order valence-corrected chi connectivity index (χ0v) is 19.7. The second kappa shape index (κ2) is 10.8. The molecule has 4 aromatic rings. The van der Waals surface area contributed by atoms with Gasteiger partial charge in [-0.2, -0.15) is 0 Å². The molecule has 0 saturated carbocycles. The molecule has 4 rings (SSSR count). The molecule has 7 heteroatoms. The van der Waals surface area contributed by atoms with Gasteiger partial charge in [0.1, 0.15) is 0 Å². The number of fused-ring (bicyclic) bond motifs is 1. The van der Waals surface area contributed by atoms with Crippen molar-refractivity contribution in [2.75, 3.05) is 29.0 Å². The van der Waals surface area contributed by atoms with E-state index in [9.17, 15) is 4.79 Å². The lowest BCUT2D eigenvalue weighted by atomic mass is 10.1. The molecular formula is C24H26N4OS2. The van der Waals surface area contributed by atoms with E-state index >= 15 is 0 Å². The summed E-state index contributed by atoms with van der Waals surface area (Å²) in [5, 5.41) is 7.57. The summed E-state index contributed by atoms with van der Waals surface area (Å²) >= 11 is 3.00. The molecule has 3 aromatic carbocycles. The highest BCUT2D eigenvalue weighted by Crippen LogP contribution is 2.34. The van der Waals surface area contributed by atoms with Crippen molar-refractivity contribution in [3.63, 3.8) is 0 Å². The van der Waals surface area contributed by atoms with Gasteiger partial charge < -0.3 is 14.9 Å². The molecule has 0 unspecified atom stereocenters. The lowest BCUT2D eigenvalue weighted by molar-refractivity contribution is -0.105. The van der Waals surface area contributed by atoms with Gasteiger partial charge in [-0.25, -0.2) is 4.98 Å². The minimum atomic E-state index is 0.593. The van der Waals surface area contributed by atoms with Gasteiger partial charge >= 0.3 is 0 Å². The number of hydrogen-bond donors (Lipinski definition) is 2. The second-order valence-corrected chi connectivity index (χ2v) is 8.31. The summed E-state index contributed by atoms with van der Waals surface area (Å²) in [4.78, 5) is 18.3. The zero-order chi connectivity index (χ0) is 22.2. The van der Waals surface area contributed by atoms with E-state index in [1.165, 1.54) is 32.7 Å². The molecule has 0 aliphatic carbocycles. The number of thiazole rings is 1. The first-order valence-electron chi connectivity index (χ1n) is 10.0. The average molecular weight is 451 g/mol. The summed E-state index contributed by atoms with van der Waals surface area (Å²) in [6.07, 6.45) is 0.642. The second-order valence-electron chi connectivity index (χ2n) is 6.61. The number of rotatable bonds is 7. The molecule has 0 saturated heterocycles. The van der Waals surface area contributed by atoms with Gasteiger partial charge in [-0.3, -0.25) is 4.79 Å². The number of nitrogens with zero attached hydrogens (tertiary/aromatic N) is 2. The van der Waals surface area contributed by atoms with Crippen LogP contribution in [0.4, 0.5) is 16.5 Å². The number of hydrogen-bond acceptors (Lipinski definition) is 6. The van der Waals surface area contributed by atoms with Crippen LogP contribution in [0.3, 0.4) is 0 Å². The molecule has 0 aliphatic rings. The van der Waals surface area contributed by atoms with Crippen molar-refractivity contribution < 1.29 is 4.79 Å². The normalized spacial score (nSPS) is 10.2. The van der Waals surface area contributed by atoms with Gasteiger partial charge in [0.15, 0.2) is 5.13 Å². The maximum absolute atomic E-state index is 10.6. The Morgan fingerprint density at radius 2 is 1.74 bits per heavy atom. The standard InChI is InChI=1S/C22H20N4OS2.C2H6/c1-26(2)20-10-4-9-18-17(20)8-5-11-21(18)29-25-16-7-3-6-15(12-16)19-13-28-22(24-19)23-14-27;1-2/h3-14,25H,1-2H3,(H,23,24,27);1-2H3. The van der Waals surface area contributed by atoms with Gasteiger partial charge in [-0.05, 0) is 41.6 Å².